The van der Waals surface area contributed by atoms with Crippen molar-refractivity contribution in [2.24, 2.45) is 11.8 Å². The van der Waals surface area contributed by atoms with Gasteiger partial charge in [-0.15, -0.1) is 0 Å². The van der Waals surface area contributed by atoms with E-state index in [0.29, 0.717) is 12.3 Å². The molecule has 0 spiro atoms. The average Bonchev–Trinajstić information content (AvgIpc) is 2.08. The van der Waals surface area contributed by atoms with Gasteiger partial charge in [-0.3, -0.25) is 4.55 Å². The lowest BCUT2D eigenvalue weighted by Gasteiger charge is -2.09. The first-order valence-electron chi connectivity index (χ1n) is 3.87. The summed E-state index contributed by atoms with van der Waals surface area (Å²) >= 11 is 0. The van der Waals surface area contributed by atoms with Crippen molar-refractivity contribution in [3.05, 3.63) is 0 Å². The van der Waals surface area contributed by atoms with Crippen LogP contribution in [-0.4, -0.2) is 18.2 Å². The molecule has 1 rings (SSSR count). The van der Waals surface area contributed by atoms with E-state index in [1.165, 1.54) is 0 Å². The van der Waals surface area contributed by atoms with Gasteiger partial charge >= 0.3 is 0 Å². The van der Waals surface area contributed by atoms with Crippen LogP contribution in [0.25, 0.3) is 0 Å². The van der Waals surface area contributed by atoms with Crippen molar-refractivity contribution in [3.8, 4) is 0 Å². The first kappa shape index (κ1) is 9.00. The van der Waals surface area contributed by atoms with Crippen LogP contribution in [-0.2, 0) is 10.1 Å². The zero-order chi connectivity index (χ0) is 8.65. The molecule has 1 aliphatic carbocycles. The summed E-state index contributed by atoms with van der Waals surface area (Å²) in [6.45, 7) is 3.89. The average molecular weight is 178 g/mol. The monoisotopic (exact) mass is 178 g/mol. The fraction of sp³-hybridized carbons (Fsp3) is 1.00. The second-order valence-electron chi connectivity index (χ2n) is 3.61. The largest absolute Gasteiger partial charge is 0.285 e. The Morgan fingerprint density at radius 2 is 1.82 bits per heavy atom. The fourth-order valence-corrected chi connectivity index (χ4v) is 3.20. The molecule has 11 heavy (non-hydrogen) atoms. The summed E-state index contributed by atoms with van der Waals surface area (Å²) in [6.07, 6.45) is 1.52. The van der Waals surface area contributed by atoms with E-state index in [2.05, 4.69) is 0 Å². The zero-order valence-corrected chi connectivity index (χ0v) is 7.63. The van der Waals surface area contributed by atoms with Crippen molar-refractivity contribution in [1.29, 1.82) is 0 Å². The molecule has 0 aliphatic heterocycles. The Bertz CT molecular complexity index is 232. The molecular formula is C7H14O3S. The van der Waals surface area contributed by atoms with Crippen molar-refractivity contribution in [3.63, 3.8) is 0 Å². The Hall–Kier alpha value is -0.0900. The molecule has 0 aromatic rings. The molecular weight excluding hydrogens is 164 g/mol. The van der Waals surface area contributed by atoms with Crippen LogP contribution in [0.2, 0.25) is 0 Å². The fourth-order valence-electron chi connectivity index (χ4n) is 1.93. The quantitative estimate of drug-likeness (QED) is 0.616. The SMILES string of the molecule is CC1CC(C)C(S(=O)(=O)O)C1. The number of hydrogen-bond donors (Lipinski definition) is 1. The van der Waals surface area contributed by atoms with Crippen molar-refractivity contribution in [2.75, 3.05) is 0 Å². The molecule has 3 nitrogen and oxygen atoms in total. The maximum atomic E-state index is 10.7. The highest BCUT2D eigenvalue weighted by molar-refractivity contribution is 7.86. The van der Waals surface area contributed by atoms with Crippen LogP contribution in [0.1, 0.15) is 26.7 Å². The molecule has 1 fully saturated rings. The van der Waals surface area contributed by atoms with Gasteiger partial charge in [0, 0.05) is 0 Å². The minimum Gasteiger partial charge on any atom is -0.285 e. The third kappa shape index (κ3) is 1.93. The van der Waals surface area contributed by atoms with E-state index in [-0.39, 0.29) is 5.92 Å². The van der Waals surface area contributed by atoms with Gasteiger partial charge in [0.25, 0.3) is 10.1 Å². The summed E-state index contributed by atoms with van der Waals surface area (Å²) in [7, 11) is -3.78. The van der Waals surface area contributed by atoms with E-state index in [1.807, 2.05) is 13.8 Å². The molecule has 66 valence electrons. The van der Waals surface area contributed by atoms with Crippen LogP contribution in [0, 0.1) is 11.8 Å². The standard InChI is InChI=1S/C7H14O3S/c1-5-3-6(2)7(4-5)11(8,9)10/h5-7H,3-4H2,1-2H3,(H,8,9,10). The second-order valence-corrected chi connectivity index (χ2v) is 5.24. The highest BCUT2D eigenvalue weighted by Gasteiger charge is 2.36. The van der Waals surface area contributed by atoms with Gasteiger partial charge in [0.1, 0.15) is 0 Å². The van der Waals surface area contributed by atoms with E-state index in [4.69, 9.17) is 4.55 Å². The van der Waals surface area contributed by atoms with Gasteiger partial charge in [-0.25, -0.2) is 0 Å². The van der Waals surface area contributed by atoms with Crippen LogP contribution in [0.4, 0.5) is 0 Å². The summed E-state index contributed by atoms with van der Waals surface area (Å²) < 4.78 is 30.3. The molecule has 3 unspecified atom stereocenters. The predicted molar refractivity (Wildman–Crippen MR) is 42.9 cm³/mol. The van der Waals surface area contributed by atoms with E-state index < -0.39 is 15.4 Å². The van der Waals surface area contributed by atoms with Crippen molar-refractivity contribution in [1.82, 2.24) is 0 Å². The van der Waals surface area contributed by atoms with E-state index >= 15 is 0 Å². The van der Waals surface area contributed by atoms with Gasteiger partial charge in [0.2, 0.25) is 0 Å². The minimum absolute atomic E-state index is 0.111. The molecule has 0 aromatic heterocycles. The first-order chi connectivity index (χ1) is 4.91. The molecule has 1 aliphatic rings. The normalized spacial score (nSPS) is 39.4. The number of rotatable bonds is 1. The predicted octanol–water partition coefficient (Wildman–Crippen LogP) is 1.31. The number of hydrogen-bond acceptors (Lipinski definition) is 2. The van der Waals surface area contributed by atoms with Crippen molar-refractivity contribution < 1.29 is 13.0 Å². The lowest BCUT2D eigenvalue weighted by atomic mass is 10.1. The first-order valence-corrected chi connectivity index (χ1v) is 5.38. The summed E-state index contributed by atoms with van der Waals surface area (Å²) in [5.74, 6) is 0.539. The molecule has 1 N–H and O–H groups in total. The van der Waals surface area contributed by atoms with Gasteiger partial charge in [0.15, 0.2) is 0 Å². The molecule has 0 heterocycles. The second kappa shape index (κ2) is 2.75. The highest BCUT2D eigenvalue weighted by atomic mass is 32.2. The van der Waals surface area contributed by atoms with E-state index in [9.17, 15) is 8.42 Å². The van der Waals surface area contributed by atoms with Crippen LogP contribution >= 0.6 is 0 Å². The maximum absolute atomic E-state index is 10.7. The molecule has 4 heteroatoms. The van der Waals surface area contributed by atoms with Gasteiger partial charge in [-0.1, -0.05) is 13.8 Å². The molecule has 0 radical (unpaired) electrons. The third-order valence-electron chi connectivity index (χ3n) is 2.43. The molecule has 3 atom stereocenters. The molecule has 0 aromatic carbocycles. The van der Waals surface area contributed by atoms with Crippen LogP contribution in [0.3, 0.4) is 0 Å². The Labute approximate surface area is 67.6 Å². The maximum Gasteiger partial charge on any atom is 0.268 e. The topological polar surface area (TPSA) is 54.4 Å². The minimum atomic E-state index is -3.78. The third-order valence-corrected chi connectivity index (χ3v) is 3.85. The molecule has 0 bridgehead atoms. The molecule has 1 saturated carbocycles. The Morgan fingerprint density at radius 1 is 1.27 bits per heavy atom. The van der Waals surface area contributed by atoms with E-state index in [1.54, 1.807) is 0 Å². The van der Waals surface area contributed by atoms with Gasteiger partial charge < -0.3 is 0 Å². The van der Waals surface area contributed by atoms with Crippen LogP contribution in [0.15, 0.2) is 0 Å². The van der Waals surface area contributed by atoms with Gasteiger partial charge in [-0.05, 0) is 24.7 Å². The van der Waals surface area contributed by atoms with Gasteiger partial charge in [-0.2, -0.15) is 8.42 Å². The Morgan fingerprint density at radius 3 is 2.00 bits per heavy atom. The lowest BCUT2D eigenvalue weighted by molar-refractivity contribution is 0.449. The lowest BCUT2D eigenvalue weighted by Crippen LogP contribution is -2.22. The smallest absolute Gasteiger partial charge is 0.268 e. The zero-order valence-electron chi connectivity index (χ0n) is 6.82. The summed E-state index contributed by atoms with van der Waals surface area (Å²) in [5.41, 5.74) is 0. The Balaban J connectivity index is 2.76. The van der Waals surface area contributed by atoms with Crippen LogP contribution < -0.4 is 0 Å². The Kier molecular flexibility index (Phi) is 2.25. The molecule has 0 saturated heterocycles. The summed E-state index contributed by atoms with van der Waals surface area (Å²) in [5, 5.41) is -0.516. The summed E-state index contributed by atoms with van der Waals surface area (Å²) in [6, 6.07) is 0. The summed E-state index contributed by atoms with van der Waals surface area (Å²) in [4.78, 5) is 0. The van der Waals surface area contributed by atoms with Crippen molar-refractivity contribution in [2.45, 2.75) is 31.9 Å². The van der Waals surface area contributed by atoms with Crippen LogP contribution in [0.5, 0.6) is 0 Å². The van der Waals surface area contributed by atoms with Gasteiger partial charge in [0.05, 0.1) is 5.25 Å². The molecule has 0 amide bonds. The van der Waals surface area contributed by atoms with E-state index in [0.717, 1.165) is 6.42 Å². The van der Waals surface area contributed by atoms with Crippen molar-refractivity contribution >= 4 is 10.1 Å². The highest BCUT2D eigenvalue weighted by Crippen LogP contribution is 2.34.